The Bertz CT molecular complexity index is 446. The van der Waals surface area contributed by atoms with Crippen molar-refractivity contribution in [1.29, 1.82) is 0 Å². The third-order valence-corrected chi connectivity index (χ3v) is 1.88. The lowest BCUT2D eigenvalue weighted by atomic mass is 10.2. The molecule has 0 aromatic carbocycles. The van der Waals surface area contributed by atoms with E-state index in [-0.39, 0.29) is 11.8 Å². The summed E-state index contributed by atoms with van der Waals surface area (Å²) in [4.78, 5) is 26.3. The normalized spacial score (nSPS) is 8.76. The minimum Gasteiger partial charge on any atom is -0.350 e. The summed E-state index contributed by atoms with van der Waals surface area (Å²) in [6.45, 7) is 2.30. The number of aromatic nitrogens is 1. The quantitative estimate of drug-likeness (QED) is 0.564. The van der Waals surface area contributed by atoms with E-state index < -0.39 is 0 Å². The Morgan fingerprint density at radius 1 is 1.24 bits per heavy atom. The average molecular weight is 231 g/mol. The second-order valence-electron chi connectivity index (χ2n) is 3.12. The van der Waals surface area contributed by atoms with Crippen molar-refractivity contribution < 1.29 is 9.59 Å². The van der Waals surface area contributed by atoms with Crippen molar-refractivity contribution in [3.63, 3.8) is 0 Å². The molecule has 0 aliphatic heterocycles. The third-order valence-electron chi connectivity index (χ3n) is 1.88. The molecule has 2 amide bonds. The van der Waals surface area contributed by atoms with Crippen LogP contribution in [-0.2, 0) is 4.79 Å². The first-order valence-corrected chi connectivity index (χ1v) is 5.13. The van der Waals surface area contributed by atoms with Crippen LogP contribution in [0.4, 0.5) is 0 Å². The topological polar surface area (TPSA) is 71.1 Å². The number of hydrogen-bond donors (Lipinski definition) is 2. The van der Waals surface area contributed by atoms with Gasteiger partial charge in [0.25, 0.3) is 11.8 Å². The van der Waals surface area contributed by atoms with Crippen LogP contribution < -0.4 is 10.6 Å². The Kier molecular flexibility index (Phi) is 5.25. The van der Waals surface area contributed by atoms with E-state index in [0.29, 0.717) is 18.7 Å². The van der Waals surface area contributed by atoms with Gasteiger partial charge < -0.3 is 10.6 Å². The predicted molar refractivity (Wildman–Crippen MR) is 63.0 cm³/mol. The van der Waals surface area contributed by atoms with E-state index >= 15 is 0 Å². The molecule has 0 saturated heterocycles. The molecular weight excluding hydrogens is 218 g/mol. The van der Waals surface area contributed by atoms with Crippen LogP contribution in [0.5, 0.6) is 0 Å². The second-order valence-corrected chi connectivity index (χ2v) is 3.12. The summed E-state index contributed by atoms with van der Waals surface area (Å²) in [6.07, 6.45) is 3.10. The Hall–Kier alpha value is -2.35. The highest BCUT2D eigenvalue weighted by Crippen LogP contribution is 1.94. The molecule has 0 radical (unpaired) electrons. The van der Waals surface area contributed by atoms with E-state index in [0.717, 1.165) is 0 Å². The number of nitrogens with one attached hydrogen (secondary N) is 2. The van der Waals surface area contributed by atoms with Crippen molar-refractivity contribution in [2.75, 3.05) is 13.1 Å². The zero-order valence-electron chi connectivity index (χ0n) is 9.49. The SMILES string of the molecule is CC#CC(=O)NCCNC(=O)c1ccncc1. The lowest BCUT2D eigenvalue weighted by molar-refractivity contribution is -0.115. The fraction of sp³-hybridized carbons (Fsp3) is 0.250. The molecule has 1 aromatic heterocycles. The number of hydrogen-bond acceptors (Lipinski definition) is 3. The van der Waals surface area contributed by atoms with Crippen molar-refractivity contribution in [3.8, 4) is 11.8 Å². The van der Waals surface area contributed by atoms with Gasteiger partial charge in [-0.1, -0.05) is 5.92 Å². The van der Waals surface area contributed by atoms with Crippen LogP contribution in [0.1, 0.15) is 17.3 Å². The summed E-state index contributed by atoms with van der Waals surface area (Å²) in [7, 11) is 0. The molecule has 0 atom stereocenters. The highest BCUT2D eigenvalue weighted by atomic mass is 16.2. The van der Waals surface area contributed by atoms with Crippen molar-refractivity contribution >= 4 is 11.8 Å². The second kappa shape index (κ2) is 7.01. The fourth-order valence-electron chi connectivity index (χ4n) is 1.12. The molecule has 17 heavy (non-hydrogen) atoms. The van der Waals surface area contributed by atoms with Gasteiger partial charge in [-0.25, -0.2) is 0 Å². The van der Waals surface area contributed by atoms with E-state index in [1.807, 2.05) is 0 Å². The molecule has 1 aromatic rings. The molecule has 5 nitrogen and oxygen atoms in total. The summed E-state index contributed by atoms with van der Waals surface area (Å²) in [5.41, 5.74) is 0.541. The maximum atomic E-state index is 11.5. The maximum absolute atomic E-state index is 11.5. The first-order chi connectivity index (χ1) is 8.24. The van der Waals surface area contributed by atoms with Crippen LogP contribution in [0.2, 0.25) is 0 Å². The Morgan fingerprint density at radius 2 is 1.88 bits per heavy atom. The van der Waals surface area contributed by atoms with Gasteiger partial charge in [-0.2, -0.15) is 0 Å². The van der Waals surface area contributed by atoms with Crippen LogP contribution >= 0.6 is 0 Å². The zero-order valence-corrected chi connectivity index (χ0v) is 9.49. The van der Waals surface area contributed by atoms with Gasteiger partial charge in [0, 0.05) is 31.0 Å². The predicted octanol–water partition coefficient (Wildman–Crippen LogP) is -0.0491. The fourth-order valence-corrected chi connectivity index (χ4v) is 1.12. The largest absolute Gasteiger partial charge is 0.350 e. The monoisotopic (exact) mass is 231 g/mol. The molecule has 0 saturated carbocycles. The van der Waals surface area contributed by atoms with E-state index in [1.165, 1.54) is 0 Å². The minimum absolute atomic E-state index is 0.191. The van der Waals surface area contributed by atoms with Crippen molar-refractivity contribution in [1.82, 2.24) is 15.6 Å². The molecule has 0 aliphatic rings. The number of carbonyl (C=O) groups excluding carboxylic acids is 2. The summed E-state index contributed by atoms with van der Waals surface area (Å²) in [5, 5.41) is 5.22. The van der Waals surface area contributed by atoms with E-state index in [1.54, 1.807) is 31.5 Å². The molecule has 0 bridgehead atoms. The van der Waals surface area contributed by atoms with Gasteiger partial charge >= 0.3 is 0 Å². The number of carbonyl (C=O) groups is 2. The Morgan fingerprint density at radius 3 is 2.53 bits per heavy atom. The molecule has 0 aliphatic carbocycles. The van der Waals surface area contributed by atoms with Crippen LogP contribution in [0, 0.1) is 11.8 Å². The van der Waals surface area contributed by atoms with Gasteiger partial charge in [-0.3, -0.25) is 14.6 Å². The van der Waals surface area contributed by atoms with Crippen LogP contribution in [-0.4, -0.2) is 29.9 Å². The third kappa shape index (κ3) is 4.80. The Labute approximate surface area is 99.6 Å². The van der Waals surface area contributed by atoms with Gasteiger partial charge in [0.15, 0.2) is 0 Å². The molecule has 1 rings (SSSR count). The molecule has 0 unspecified atom stereocenters. The minimum atomic E-state index is -0.342. The zero-order chi connectivity index (χ0) is 12.5. The first kappa shape index (κ1) is 12.7. The van der Waals surface area contributed by atoms with Gasteiger partial charge in [0.2, 0.25) is 0 Å². The molecule has 0 spiro atoms. The Balaban J connectivity index is 2.25. The molecule has 0 fully saturated rings. The summed E-state index contributed by atoms with van der Waals surface area (Å²) < 4.78 is 0. The summed E-state index contributed by atoms with van der Waals surface area (Å²) in [6, 6.07) is 3.24. The highest BCUT2D eigenvalue weighted by Gasteiger charge is 2.03. The number of rotatable bonds is 4. The molecule has 88 valence electrons. The smallest absolute Gasteiger partial charge is 0.295 e. The molecular formula is C12H13N3O2. The van der Waals surface area contributed by atoms with E-state index in [2.05, 4.69) is 27.5 Å². The van der Waals surface area contributed by atoms with E-state index in [4.69, 9.17) is 0 Å². The van der Waals surface area contributed by atoms with Crippen LogP contribution in [0.15, 0.2) is 24.5 Å². The summed E-state index contributed by atoms with van der Waals surface area (Å²) in [5.74, 6) is 4.30. The van der Waals surface area contributed by atoms with Crippen molar-refractivity contribution in [2.24, 2.45) is 0 Å². The molecule has 5 heteroatoms. The highest BCUT2D eigenvalue weighted by molar-refractivity contribution is 5.94. The number of pyridine rings is 1. The van der Waals surface area contributed by atoms with Crippen LogP contribution in [0.3, 0.4) is 0 Å². The standard InChI is InChI=1S/C12H13N3O2/c1-2-3-11(16)14-8-9-15-12(17)10-4-6-13-7-5-10/h4-7H,8-9H2,1H3,(H,14,16)(H,15,17). The molecule has 1 heterocycles. The van der Waals surface area contributed by atoms with Crippen molar-refractivity contribution in [3.05, 3.63) is 30.1 Å². The number of amides is 2. The number of nitrogens with zero attached hydrogens (tertiary/aromatic N) is 1. The van der Waals surface area contributed by atoms with Gasteiger partial charge in [-0.05, 0) is 25.0 Å². The van der Waals surface area contributed by atoms with Gasteiger partial charge in [-0.15, -0.1) is 0 Å². The maximum Gasteiger partial charge on any atom is 0.295 e. The van der Waals surface area contributed by atoms with Gasteiger partial charge in [0.1, 0.15) is 0 Å². The van der Waals surface area contributed by atoms with E-state index in [9.17, 15) is 9.59 Å². The first-order valence-electron chi connectivity index (χ1n) is 5.13. The molecule has 2 N–H and O–H groups in total. The lowest BCUT2D eigenvalue weighted by Crippen LogP contribution is -2.34. The average Bonchev–Trinajstić information content (AvgIpc) is 2.36. The van der Waals surface area contributed by atoms with Gasteiger partial charge in [0.05, 0.1) is 0 Å². The summed E-state index contributed by atoms with van der Waals surface area (Å²) >= 11 is 0. The van der Waals surface area contributed by atoms with Crippen molar-refractivity contribution in [2.45, 2.75) is 6.92 Å². The lowest BCUT2D eigenvalue weighted by Gasteiger charge is -2.04. The van der Waals surface area contributed by atoms with Crippen LogP contribution in [0.25, 0.3) is 0 Å².